The number of hydrogen-bond donors (Lipinski definition) is 2. The van der Waals surface area contributed by atoms with Gasteiger partial charge in [-0.25, -0.2) is 8.42 Å². The van der Waals surface area contributed by atoms with Crippen molar-refractivity contribution < 1.29 is 13.2 Å². The van der Waals surface area contributed by atoms with Crippen LogP contribution in [0.15, 0.2) is 23.1 Å². The Morgan fingerprint density at radius 3 is 2.30 bits per heavy atom. The van der Waals surface area contributed by atoms with Crippen LogP contribution >= 0.6 is 0 Å². The summed E-state index contributed by atoms with van der Waals surface area (Å²) in [5, 5.41) is 1.53. The van der Waals surface area contributed by atoms with Crippen molar-refractivity contribution in [2.75, 3.05) is 5.73 Å². The molecule has 1 aromatic rings. The largest absolute Gasteiger partial charge is 0.399 e. The fourth-order valence-electron chi connectivity index (χ4n) is 1.64. The lowest BCUT2D eigenvalue weighted by atomic mass is 10.1. The fourth-order valence-corrected chi connectivity index (χ4v) is 2.99. The molecule has 0 fully saturated rings. The third kappa shape index (κ3) is 3.72. The van der Waals surface area contributed by atoms with Crippen molar-refractivity contribution in [3.8, 4) is 0 Å². The molecule has 1 amide bonds. The van der Waals surface area contributed by atoms with Gasteiger partial charge in [0.2, 0.25) is 5.91 Å². The molecule has 0 aliphatic carbocycles. The summed E-state index contributed by atoms with van der Waals surface area (Å²) in [6.45, 7) is 8.53. The summed E-state index contributed by atoms with van der Waals surface area (Å²) in [5.41, 5.74) is 6.40. The number of anilines is 1. The fraction of sp³-hybridized carbons (Fsp3) is 0.500. The van der Waals surface area contributed by atoms with Crippen molar-refractivity contribution in [2.45, 2.75) is 50.3 Å². The average Bonchev–Trinajstić information content (AvgIpc) is 2.29. The third-order valence-corrected chi connectivity index (χ3v) is 4.96. The van der Waals surface area contributed by atoms with Gasteiger partial charge in [0.1, 0.15) is 5.25 Å². The van der Waals surface area contributed by atoms with Crippen LogP contribution in [0.25, 0.3) is 0 Å². The SMILES string of the molecule is Cc1cc(S(=O)(=O)C(C)C(=O)NC(C)(C)C)ccc1N. The molecule has 0 radical (unpaired) electrons. The summed E-state index contributed by atoms with van der Waals surface area (Å²) in [5.74, 6) is -0.507. The maximum absolute atomic E-state index is 12.4. The number of amides is 1. The van der Waals surface area contributed by atoms with Gasteiger partial charge in [-0.1, -0.05) is 0 Å². The van der Waals surface area contributed by atoms with Crippen molar-refractivity contribution >= 4 is 21.4 Å². The first-order valence-electron chi connectivity index (χ1n) is 6.37. The predicted molar refractivity (Wildman–Crippen MR) is 80.1 cm³/mol. The van der Waals surface area contributed by atoms with E-state index in [-0.39, 0.29) is 4.90 Å². The van der Waals surface area contributed by atoms with E-state index >= 15 is 0 Å². The summed E-state index contributed by atoms with van der Waals surface area (Å²) in [6, 6.07) is 4.46. The standard InChI is InChI=1S/C14H22N2O3S/c1-9-8-11(6-7-12(9)15)20(18,19)10(2)13(17)16-14(3,4)5/h6-8,10H,15H2,1-5H3,(H,16,17). The minimum absolute atomic E-state index is 0.112. The van der Waals surface area contributed by atoms with Crippen molar-refractivity contribution in [1.82, 2.24) is 5.32 Å². The highest BCUT2D eigenvalue weighted by molar-refractivity contribution is 7.92. The molecule has 20 heavy (non-hydrogen) atoms. The molecule has 0 bridgehead atoms. The Balaban J connectivity index is 3.09. The molecule has 1 aromatic carbocycles. The monoisotopic (exact) mass is 298 g/mol. The maximum atomic E-state index is 12.4. The van der Waals surface area contributed by atoms with Crippen LogP contribution in [0.2, 0.25) is 0 Å². The van der Waals surface area contributed by atoms with E-state index in [1.54, 1.807) is 27.7 Å². The summed E-state index contributed by atoms with van der Waals surface area (Å²) in [4.78, 5) is 12.1. The third-order valence-electron chi connectivity index (χ3n) is 2.90. The van der Waals surface area contributed by atoms with Gasteiger partial charge in [0.25, 0.3) is 0 Å². The second-order valence-corrected chi connectivity index (χ2v) is 8.21. The van der Waals surface area contributed by atoms with Crippen LogP contribution in [-0.2, 0) is 14.6 Å². The molecule has 0 aromatic heterocycles. The molecule has 0 heterocycles. The van der Waals surface area contributed by atoms with E-state index in [1.807, 2.05) is 0 Å². The molecule has 3 N–H and O–H groups in total. The zero-order valence-corrected chi connectivity index (χ0v) is 13.3. The Morgan fingerprint density at radius 2 is 1.85 bits per heavy atom. The molecule has 0 saturated heterocycles. The van der Waals surface area contributed by atoms with E-state index in [0.29, 0.717) is 11.3 Å². The van der Waals surface area contributed by atoms with E-state index in [9.17, 15) is 13.2 Å². The highest BCUT2D eigenvalue weighted by atomic mass is 32.2. The molecule has 1 atom stereocenters. The van der Waals surface area contributed by atoms with E-state index in [4.69, 9.17) is 5.73 Å². The van der Waals surface area contributed by atoms with E-state index < -0.39 is 26.5 Å². The van der Waals surface area contributed by atoms with Gasteiger partial charge in [-0.3, -0.25) is 4.79 Å². The van der Waals surface area contributed by atoms with Gasteiger partial charge in [0.15, 0.2) is 9.84 Å². The number of nitrogens with two attached hydrogens (primary N) is 1. The minimum Gasteiger partial charge on any atom is -0.399 e. The first-order chi connectivity index (χ1) is 8.95. The molecular weight excluding hydrogens is 276 g/mol. The second kappa shape index (κ2) is 5.44. The van der Waals surface area contributed by atoms with E-state index in [1.165, 1.54) is 25.1 Å². The zero-order chi connectivity index (χ0) is 15.7. The molecule has 0 saturated carbocycles. The Morgan fingerprint density at radius 1 is 1.30 bits per heavy atom. The molecule has 0 aliphatic heterocycles. The maximum Gasteiger partial charge on any atom is 0.238 e. The molecule has 0 aliphatic rings. The van der Waals surface area contributed by atoms with Gasteiger partial charge in [0, 0.05) is 11.2 Å². The molecular formula is C14H22N2O3S. The zero-order valence-electron chi connectivity index (χ0n) is 12.5. The number of carbonyl (C=O) groups is 1. The van der Waals surface area contributed by atoms with Crippen LogP contribution in [0.4, 0.5) is 5.69 Å². The van der Waals surface area contributed by atoms with Gasteiger partial charge >= 0.3 is 0 Å². The predicted octanol–water partition coefficient (Wildman–Crippen LogP) is 1.65. The lowest BCUT2D eigenvalue weighted by Gasteiger charge is -2.23. The second-order valence-electron chi connectivity index (χ2n) is 5.94. The van der Waals surface area contributed by atoms with Gasteiger partial charge in [-0.2, -0.15) is 0 Å². The summed E-state index contributed by atoms with van der Waals surface area (Å²) < 4.78 is 24.8. The number of nitrogen functional groups attached to an aromatic ring is 1. The quantitative estimate of drug-likeness (QED) is 0.830. The number of nitrogens with one attached hydrogen (secondary N) is 1. The Bertz CT molecular complexity index is 616. The Hall–Kier alpha value is -1.56. The highest BCUT2D eigenvalue weighted by Crippen LogP contribution is 2.21. The Labute approximate surface area is 120 Å². The lowest BCUT2D eigenvalue weighted by Crippen LogP contribution is -2.47. The molecule has 1 unspecified atom stereocenters. The number of hydrogen-bond acceptors (Lipinski definition) is 4. The van der Waals surface area contributed by atoms with Crippen molar-refractivity contribution in [3.05, 3.63) is 23.8 Å². The average molecular weight is 298 g/mol. The van der Waals surface area contributed by atoms with Crippen molar-refractivity contribution in [3.63, 3.8) is 0 Å². The smallest absolute Gasteiger partial charge is 0.238 e. The summed E-state index contributed by atoms with van der Waals surface area (Å²) in [6.07, 6.45) is 0. The van der Waals surface area contributed by atoms with Crippen LogP contribution in [0.3, 0.4) is 0 Å². The minimum atomic E-state index is -3.72. The number of carbonyl (C=O) groups excluding carboxylic acids is 1. The molecule has 0 spiro atoms. The van der Waals surface area contributed by atoms with Crippen LogP contribution in [0.1, 0.15) is 33.3 Å². The number of rotatable bonds is 3. The van der Waals surface area contributed by atoms with E-state index in [2.05, 4.69) is 5.32 Å². The summed E-state index contributed by atoms with van der Waals surface area (Å²) >= 11 is 0. The number of benzene rings is 1. The van der Waals surface area contributed by atoms with Crippen LogP contribution in [0, 0.1) is 6.92 Å². The normalized spacial score (nSPS) is 13.8. The highest BCUT2D eigenvalue weighted by Gasteiger charge is 2.31. The molecule has 1 rings (SSSR count). The topological polar surface area (TPSA) is 89.3 Å². The van der Waals surface area contributed by atoms with Gasteiger partial charge in [-0.05, 0) is 58.4 Å². The van der Waals surface area contributed by atoms with Crippen LogP contribution < -0.4 is 11.1 Å². The first-order valence-corrected chi connectivity index (χ1v) is 7.92. The number of sulfone groups is 1. The van der Waals surface area contributed by atoms with Crippen LogP contribution in [-0.4, -0.2) is 25.1 Å². The van der Waals surface area contributed by atoms with Crippen molar-refractivity contribution in [1.29, 1.82) is 0 Å². The van der Waals surface area contributed by atoms with Gasteiger partial charge in [-0.15, -0.1) is 0 Å². The van der Waals surface area contributed by atoms with Gasteiger partial charge in [0.05, 0.1) is 4.90 Å². The molecule has 112 valence electrons. The molecule has 6 heteroatoms. The number of aryl methyl sites for hydroxylation is 1. The Kier molecular flexibility index (Phi) is 4.49. The lowest BCUT2D eigenvalue weighted by molar-refractivity contribution is -0.121. The van der Waals surface area contributed by atoms with Crippen LogP contribution in [0.5, 0.6) is 0 Å². The molecule has 5 nitrogen and oxygen atoms in total. The van der Waals surface area contributed by atoms with Crippen molar-refractivity contribution in [2.24, 2.45) is 0 Å². The summed E-state index contributed by atoms with van der Waals surface area (Å²) in [7, 11) is -3.72. The first kappa shape index (κ1) is 16.5. The van der Waals surface area contributed by atoms with Gasteiger partial charge < -0.3 is 11.1 Å². The van der Waals surface area contributed by atoms with E-state index in [0.717, 1.165) is 0 Å².